The summed E-state index contributed by atoms with van der Waals surface area (Å²) in [5, 5.41) is 0.300. The highest BCUT2D eigenvalue weighted by molar-refractivity contribution is 9.10. The third-order valence-corrected chi connectivity index (χ3v) is 4.00. The number of amides is 1. The highest BCUT2D eigenvalue weighted by Crippen LogP contribution is 2.29. The van der Waals surface area contributed by atoms with Crippen LogP contribution >= 0.6 is 27.5 Å². The smallest absolute Gasteiger partial charge is 0.256 e. The first-order chi connectivity index (χ1) is 9.56. The minimum Gasteiger partial charge on any atom is -0.328 e. The van der Waals surface area contributed by atoms with Crippen LogP contribution in [0.4, 0.5) is 4.39 Å². The molecular formula is C14H9BrClFN2O. The van der Waals surface area contributed by atoms with E-state index in [1.807, 2.05) is 0 Å². The standard InChI is InChI=1S/C14H9BrClFN2O/c15-8-4-11(16)10(12(17)5-8)6-19-7-13-9(14(19)20)2-1-3-18-13/h1-5H,6-7H2. The summed E-state index contributed by atoms with van der Waals surface area (Å²) in [6, 6.07) is 6.40. The number of nitrogens with zero attached hydrogens (tertiary/aromatic N) is 2. The molecule has 3 nitrogen and oxygen atoms in total. The fourth-order valence-corrected chi connectivity index (χ4v) is 3.05. The van der Waals surface area contributed by atoms with Gasteiger partial charge in [0.05, 0.1) is 24.3 Å². The summed E-state index contributed by atoms with van der Waals surface area (Å²) < 4.78 is 14.5. The predicted molar refractivity (Wildman–Crippen MR) is 76.9 cm³/mol. The molecule has 1 aliphatic rings. The van der Waals surface area contributed by atoms with Crippen molar-refractivity contribution in [3.05, 3.63) is 62.6 Å². The van der Waals surface area contributed by atoms with Gasteiger partial charge in [0.25, 0.3) is 5.91 Å². The van der Waals surface area contributed by atoms with E-state index in [1.165, 1.54) is 11.0 Å². The van der Waals surface area contributed by atoms with Crippen molar-refractivity contribution in [2.24, 2.45) is 0 Å². The number of aromatic nitrogens is 1. The molecule has 0 radical (unpaired) electrons. The van der Waals surface area contributed by atoms with Crippen molar-refractivity contribution in [2.45, 2.75) is 13.1 Å². The molecule has 0 fully saturated rings. The van der Waals surface area contributed by atoms with Crippen LogP contribution in [-0.4, -0.2) is 15.8 Å². The van der Waals surface area contributed by atoms with Gasteiger partial charge in [-0.05, 0) is 24.3 Å². The van der Waals surface area contributed by atoms with E-state index in [-0.39, 0.29) is 12.5 Å². The number of benzene rings is 1. The van der Waals surface area contributed by atoms with Crippen molar-refractivity contribution in [2.75, 3.05) is 0 Å². The van der Waals surface area contributed by atoms with Crippen molar-refractivity contribution in [1.29, 1.82) is 0 Å². The number of pyridine rings is 1. The molecule has 0 atom stereocenters. The second kappa shape index (κ2) is 5.14. The van der Waals surface area contributed by atoms with Gasteiger partial charge in [0, 0.05) is 21.3 Å². The predicted octanol–water partition coefficient (Wildman–Crippen LogP) is 3.79. The Balaban J connectivity index is 1.90. The normalized spacial score (nSPS) is 13.8. The summed E-state index contributed by atoms with van der Waals surface area (Å²) in [7, 11) is 0. The van der Waals surface area contributed by atoms with Crippen LogP contribution in [-0.2, 0) is 13.1 Å². The van der Waals surface area contributed by atoms with Crippen LogP contribution in [0.15, 0.2) is 34.9 Å². The highest BCUT2D eigenvalue weighted by atomic mass is 79.9. The number of fused-ring (bicyclic) bond motifs is 1. The summed E-state index contributed by atoms with van der Waals surface area (Å²) in [6.07, 6.45) is 1.64. The van der Waals surface area contributed by atoms with Gasteiger partial charge in [-0.15, -0.1) is 0 Å². The Morgan fingerprint density at radius 2 is 2.25 bits per heavy atom. The molecule has 1 aromatic carbocycles. The second-order valence-electron chi connectivity index (χ2n) is 4.51. The summed E-state index contributed by atoms with van der Waals surface area (Å²) >= 11 is 9.23. The quantitative estimate of drug-likeness (QED) is 0.821. The molecule has 1 amide bonds. The van der Waals surface area contributed by atoms with Crippen LogP contribution in [0.3, 0.4) is 0 Å². The van der Waals surface area contributed by atoms with Gasteiger partial charge in [0.1, 0.15) is 5.82 Å². The fraction of sp³-hybridized carbons (Fsp3) is 0.143. The zero-order valence-electron chi connectivity index (χ0n) is 10.2. The molecule has 0 saturated carbocycles. The highest BCUT2D eigenvalue weighted by Gasteiger charge is 2.29. The van der Waals surface area contributed by atoms with Gasteiger partial charge in [-0.1, -0.05) is 27.5 Å². The molecule has 2 aromatic rings. The van der Waals surface area contributed by atoms with E-state index in [0.717, 1.165) is 0 Å². The molecular weight excluding hydrogens is 347 g/mol. The maximum absolute atomic E-state index is 14.0. The lowest BCUT2D eigenvalue weighted by molar-refractivity contribution is 0.0765. The van der Waals surface area contributed by atoms with Crippen molar-refractivity contribution >= 4 is 33.4 Å². The number of hydrogen-bond acceptors (Lipinski definition) is 2. The first-order valence-corrected chi connectivity index (χ1v) is 7.10. The minimum absolute atomic E-state index is 0.132. The number of halogens is 3. The van der Waals surface area contributed by atoms with Gasteiger partial charge >= 0.3 is 0 Å². The van der Waals surface area contributed by atoms with Crippen molar-refractivity contribution in [1.82, 2.24) is 9.88 Å². The van der Waals surface area contributed by atoms with E-state index in [4.69, 9.17) is 11.6 Å². The van der Waals surface area contributed by atoms with Crippen LogP contribution in [0, 0.1) is 5.82 Å². The molecule has 0 saturated heterocycles. The van der Waals surface area contributed by atoms with Gasteiger partial charge in [0.2, 0.25) is 0 Å². The average molecular weight is 356 g/mol. The molecule has 3 rings (SSSR count). The minimum atomic E-state index is -0.430. The van der Waals surface area contributed by atoms with Crippen molar-refractivity contribution in [3.63, 3.8) is 0 Å². The van der Waals surface area contributed by atoms with Crippen LogP contribution in [0.25, 0.3) is 0 Å². The van der Waals surface area contributed by atoms with E-state index < -0.39 is 5.82 Å². The molecule has 0 N–H and O–H groups in total. The molecule has 6 heteroatoms. The third-order valence-electron chi connectivity index (χ3n) is 3.20. The topological polar surface area (TPSA) is 33.2 Å². The Kier molecular flexibility index (Phi) is 3.48. The molecule has 0 bridgehead atoms. The lowest BCUT2D eigenvalue weighted by Crippen LogP contribution is -2.24. The first kappa shape index (κ1) is 13.5. The lowest BCUT2D eigenvalue weighted by Gasteiger charge is -2.17. The number of carbonyl (C=O) groups excluding carboxylic acids is 1. The molecule has 2 heterocycles. The van der Waals surface area contributed by atoms with Crippen molar-refractivity contribution in [3.8, 4) is 0 Å². The maximum Gasteiger partial charge on any atom is 0.256 e. The van der Waals surface area contributed by atoms with E-state index >= 15 is 0 Å². The second-order valence-corrected chi connectivity index (χ2v) is 5.83. The van der Waals surface area contributed by atoms with E-state index in [1.54, 1.807) is 24.4 Å². The summed E-state index contributed by atoms with van der Waals surface area (Å²) in [6.45, 7) is 0.508. The molecule has 1 aliphatic heterocycles. The van der Waals surface area contributed by atoms with Crippen LogP contribution in [0.2, 0.25) is 5.02 Å². The molecule has 102 valence electrons. The first-order valence-electron chi connectivity index (χ1n) is 5.93. The molecule has 1 aromatic heterocycles. The van der Waals surface area contributed by atoms with Gasteiger partial charge in [-0.25, -0.2) is 4.39 Å². The van der Waals surface area contributed by atoms with E-state index in [2.05, 4.69) is 20.9 Å². The fourth-order valence-electron chi connectivity index (χ4n) is 2.22. The molecule has 0 spiro atoms. The van der Waals surface area contributed by atoms with Gasteiger partial charge in [0.15, 0.2) is 0 Å². The van der Waals surface area contributed by atoms with Crippen LogP contribution in [0.1, 0.15) is 21.6 Å². The zero-order chi connectivity index (χ0) is 14.3. The van der Waals surface area contributed by atoms with E-state index in [0.29, 0.717) is 32.9 Å². The van der Waals surface area contributed by atoms with E-state index in [9.17, 15) is 9.18 Å². The summed E-state index contributed by atoms with van der Waals surface area (Å²) in [5.41, 5.74) is 1.60. The van der Waals surface area contributed by atoms with Gasteiger partial charge in [-0.2, -0.15) is 0 Å². The van der Waals surface area contributed by atoms with Crippen LogP contribution in [0.5, 0.6) is 0 Å². The number of carbonyl (C=O) groups is 1. The molecule has 0 aliphatic carbocycles. The number of hydrogen-bond donors (Lipinski definition) is 0. The van der Waals surface area contributed by atoms with Gasteiger partial charge < -0.3 is 4.90 Å². The Hall–Kier alpha value is -1.46. The Bertz CT molecular complexity index is 684. The molecule has 20 heavy (non-hydrogen) atoms. The Labute approximate surface area is 128 Å². The van der Waals surface area contributed by atoms with Crippen molar-refractivity contribution < 1.29 is 9.18 Å². The molecule has 0 unspecified atom stereocenters. The Morgan fingerprint density at radius 1 is 1.45 bits per heavy atom. The monoisotopic (exact) mass is 354 g/mol. The maximum atomic E-state index is 14.0. The number of rotatable bonds is 2. The summed E-state index contributed by atoms with van der Waals surface area (Å²) in [4.78, 5) is 17.9. The summed E-state index contributed by atoms with van der Waals surface area (Å²) in [5.74, 6) is -0.576. The average Bonchev–Trinajstić information content (AvgIpc) is 2.71. The SMILES string of the molecule is O=C1c2cccnc2CN1Cc1c(F)cc(Br)cc1Cl. The van der Waals surface area contributed by atoms with Gasteiger partial charge in [-0.3, -0.25) is 9.78 Å². The zero-order valence-corrected chi connectivity index (χ0v) is 12.6. The third kappa shape index (κ3) is 2.31. The lowest BCUT2D eigenvalue weighted by atomic mass is 10.2. The van der Waals surface area contributed by atoms with Crippen LogP contribution < -0.4 is 0 Å². The Morgan fingerprint density at radius 3 is 2.95 bits per heavy atom. The largest absolute Gasteiger partial charge is 0.328 e.